The van der Waals surface area contributed by atoms with E-state index in [1.807, 2.05) is 25.1 Å². The van der Waals surface area contributed by atoms with Crippen molar-refractivity contribution in [1.82, 2.24) is 0 Å². The highest BCUT2D eigenvalue weighted by Crippen LogP contribution is 2.19. The molecule has 0 amide bonds. The van der Waals surface area contributed by atoms with Crippen LogP contribution in [-0.4, -0.2) is 5.78 Å². The molecule has 0 bridgehead atoms. The molecular formula is C15H15ClOS. The molecule has 0 unspecified atom stereocenters. The first-order valence-corrected chi connectivity index (χ1v) is 7.24. The van der Waals surface area contributed by atoms with Crippen LogP contribution in [-0.2, 0) is 6.42 Å². The van der Waals surface area contributed by atoms with Crippen molar-refractivity contribution in [2.45, 2.75) is 26.2 Å². The van der Waals surface area contributed by atoms with Crippen LogP contribution in [0, 0.1) is 6.92 Å². The molecule has 2 rings (SSSR count). The van der Waals surface area contributed by atoms with Gasteiger partial charge in [-0.15, -0.1) is 11.3 Å². The number of Topliss-reactive ketones (excluding diaryl/α,β-unsaturated/α-hetero) is 1. The summed E-state index contributed by atoms with van der Waals surface area (Å²) >= 11 is 7.77. The molecule has 0 aliphatic heterocycles. The third-order valence-corrected chi connectivity index (χ3v) is 4.24. The fourth-order valence-electron chi connectivity index (χ4n) is 1.79. The molecule has 0 radical (unpaired) electrons. The summed E-state index contributed by atoms with van der Waals surface area (Å²) in [5.41, 5.74) is 1.73. The molecule has 1 nitrogen and oxygen atoms in total. The van der Waals surface area contributed by atoms with Crippen LogP contribution in [0.1, 0.15) is 33.6 Å². The standard InChI is InChI=1S/C15H15ClOS/c1-11-7-8-12(10-14(11)16)15(17)6-2-4-13-5-3-9-18-13/h3,5,7-10H,2,4,6H2,1H3. The summed E-state index contributed by atoms with van der Waals surface area (Å²) in [6.45, 7) is 1.94. The zero-order chi connectivity index (χ0) is 13.0. The molecule has 1 heterocycles. The van der Waals surface area contributed by atoms with Gasteiger partial charge >= 0.3 is 0 Å². The Labute approximate surface area is 116 Å². The van der Waals surface area contributed by atoms with Crippen molar-refractivity contribution in [3.8, 4) is 0 Å². The summed E-state index contributed by atoms with van der Waals surface area (Å²) < 4.78 is 0. The number of aryl methyl sites for hydroxylation is 2. The largest absolute Gasteiger partial charge is 0.294 e. The highest BCUT2D eigenvalue weighted by molar-refractivity contribution is 7.09. The van der Waals surface area contributed by atoms with Gasteiger partial charge in [0, 0.05) is 21.9 Å². The minimum atomic E-state index is 0.174. The van der Waals surface area contributed by atoms with Crippen LogP contribution >= 0.6 is 22.9 Å². The number of thiophene rings is 1. The molecule has 0 fully saturated rings. The van der Waals surface area contributed by atoms with Gasteiger partial charge in [-0.25, -0.2) is 0 Å². The van der Waals surface area contributed by atoms with Gasteiger partial charge in [0.25, 0.3) is 0 Å². The molecule has 94 valence electrons. The lowest BCUT2D eigenvalue weighted by Gasteiger charge is -2.03. The lowest BCUT2D eigenvalue weighted by atomic mass is 10.0. The first kappa shape index (κ1) is 13.3. The van der Waals surface area contributed by atoms with E-state index in [9.17, 15) is 4.79 Å². The smallest absolute Gasteiger partial charge is 0.162 e. The van der Waals surface area contributed by atoms with E-state index in [0.717, 1.165) is 24.0 Å². The van der Waals surface area contributed by atoms with Crippen LogP contribution in [0.2, 0.25) is 5.02 Å². The lowest BCUT2D eigenvalue weighted by molar-refractivity contribution is 0.0980. The van der Waals surface area contributed by atoms with Crippen LogP contribution in [0.3, 0.4) is 0 Å². The molecule has 0 atom stereocenters. The van der Waals surface area contributed by atoms with Gasteiger partial charge in [0.15, 0.2) is 5.78 Å². The maximum absolute atomic E-state index is 12.0. The molecule has 18 heavy (non-hydrogen) atoms. The second-order valence-electron chi connectivity index (χ2n) is 4.32. The van der Waals surface area contributed by atoms with E-state index in [1.54, 1.807) is 17.4 Å². The van der Waals surface area contributed by atoms with Gasteiger partial charge in [0.1, 0.15) is 0 Å². The van der Waals surface area contributed by atoms with Crippen molar-refractivity contribution >= 4 is 28.7 Å². The van der Waals surface area contributed by atoms with E-state index in [4.69, 9.17) is 11.6 Å². The Morgan fingerprint density at radius 1 is 1.33 bits per heavy atom. The predicted octanol–water partition coefficient (Wildman–Crippen LogP) is 4.92. The number of ketones is 1. The molecule has 3 heteroatoms. The summed E-state index contributed by atoms with van der Waals surface area (Å²) in [7, 11) is 0. The van der Waals surface area contributed by atoms with Crippen molar-refractivity contribution in [3.05, 3.63) is 56.7 Å². The van der Waals surface area contributed by atoms with Gasteiger partial charge in [0.2, 0.25) is 0 Å². The second kappa shape index (κ2) is 6.17. The molecule has 2 aromatic rings. The fourth-order valence-corrected chi connectivity index (χ4v) is 2.72. The van der Waals surface area contributed by atoms with E-state index in [1.165, 1.54) is 4.88 Å². The summed E-state index contributed by atoms with van der Waals surface area (Å²) in [4.78, 5) is 13.3. The van der Waals surface area contributed by atoms with Crippen LogP contribution in [0.25, 0.3) is 0 Å². The number of benzene rings is 1. The van der Waals surface area contributed by atoms with Crippen LogP contribution in [0.5, 0.6) is 0 Å². The van der Waals surface area contributed by atoms with Crippen molar-refractivity contribution < 1.29 is 4.79 Å². The van der Waals surface area contributed by atoms with Crippen LogP contribution in [0.4, 0.5) is 0 Å². The highest BCUT2D eigenvalue weighted by atomic mass is 35.5. The average molecular weight is 279 g/mol. The molecule has 0 saturated carbocycles. The van der Waals surface area contributed by atoms with Gasteiger partial charge in [-0.1, -0.05) is 29.8 Å². The first-order chi connectivity index (χ1) is 8.66. The molecule has 0 N–H and O–H groups in total. The molecule has 0 saturated heterocycles. The Bertz CT molecular complexity index is 531. The van der Waals surface area contributed by atoms with Crippen LogP contribution in [0.15, 0.2) is 35.7 Å². The van der Waals surface area contributed by atoms with E-state index in [0.29, 0.717) is 11.4 Å². The average Bonchev–Trinajstić information content (AvgIpc) is 2.85. The highest BCUT2D eigenvalue weighted by Gasteiger charge is 2.07. The Hall–Kier alpha value is -1.12. The minimum Gasteiger partial charge on any atom is -0.294 e. The predicted molar refractivity (Wildman–Crippen MR) is 77.8 cm³/mol. The van der Waals surface area contributed by atoms with E-state index in [2.05, 4.69) is 11.4 Å². The van der Waals surface area contributed by atoms with Gasteiger partial charge in [-0.05, 0) is 42.8 Å². The molecule has 1 aromatic carbocycles. The van der Waals surface area contributed by atoms with Crippen molar-refractivity contribution in [2.75, 3.05) is 0 Å². The number of hydrogen-bond acceptors (Lipinski definition) is 2. The number of carbonyl (C=O) groups is 1. The molecule has 1 aromatic heterocycles. The Kier molecular flexibility index (Phi) is 4.56. The van der Waals surface area contributed by atoms with E-state index < -0.39 is 0 Å². The van der Waals surface area contributed by atoms with E-state index >= 15 is 0 Å². The van der Waals surface area contributed by atoms with Gasteiger partial charge < -0.3 is 0 Å². The lowest BCUT2D eigenvalue weighted by Crippen LogP contribution is -2.00. The third kappa shape index (κ3) is 3.44. The third-order valence-electron chi connectivity index (χ3n) is 2.90. The quantitative estimate of drug-likeness (QED) is 0.710. The minimum absolute atomic E-state index is 0.174. The first-order valence-electron chi connectivity index (χ1n) is 5.98. The SMILES string of the molecule is Cc1ccc(C(=O)CCCc2cccs2)cc1Cl. The zero-order valence-corrected chi connectivity index (χ0v) is 11.9. The van der Waals surface area contributed by atoms with Crippen molar-refractivity contribution in [3.63, 3.8) is 0 Å². The fraction of sp³-hybridized carbons (Fsp3) is 0.267. The molecule has 0 aliphatic rings. The summed E-state index contributed by atoms with van der Waals surface area (Å²) in [5.74, 6) is 0.174. The number of carbonyl (C=O) groups excluding carboxylic acids is 1. The number of hydrogen-bond donors (Lipinski definition) is 0. The summed E-state index contributed by atoms with van der Waals surface area (Å²) in [6.07, 6.45) is 2.45. The summed E-state index contributed by atoms with van der Waals surface area (Å²) in [6, 6.07) is 9.67. The normalized spacial score (nSPS) is 10.6. The maximum atomic E-state index is 12.0. The monoisotopic (exact) mass is 278 g/mol. The Balaban J connectivity index is 1.89. The summed E-state index contributed by atoms with van der Waals surface area (Å²) in [5, 5.41) is 2.73. The number of halogens is 1. The molecular weight excluding hydrogens is 264 g/mol. The van der Waals surface area contributed by atoms with Gasteiger partial charge in [0.05, 0.1) is 0 Å². The van der Waals surface area contributed by atoms with Crippen molar-refractivity contribution in [2.24, 2.45) is 0 Å². The molecule has 0 aliphatic carbocycles. The van der Waals surface area contributed by atoms with Crippen LogP contribution < -0.4 is 0 Å². The zero-order valence-electron chi connectivity index (χ0n) is 10.3. The topological polar surface area (TPSA) is 17.1 Å². The van der Waals surface area contributed by atoms with Crippen molar-refractivity contribution in [1.29, 1.82) is 0 Å². The van der Waals surface area contributed by atoms with E-state index in [-0.39, 0.29) is 5.78 Å². The van der Waals surface area contributed by atoms with Gasteiger partial charge in [-0.2, -0.15) is 0 Å². The Morgan fingerprint density at radius 3 is 2.83 bits per heavy atom. The second-order valence-corrected chi connectivity index (χ2v) is 5.76. The number of rotatable bonds is 5. The van der Waals surface area contributed by atoms with Gasteiger partial charge in [-0.3, -0.25) is 4.79 Å². The Morgan fingerprint density at radius 2 is 2.17 bits per heavy atom. The molecule has 0 spiro atoms. The maximum Gasteiger partial charge on any atom is 0.162 e.